The van der Waals surface area contributed by atoms with Crippen LogP contribution in [-0.2, 0) is 0 Å². The molecule has 0 unspecified atom stereocenters. The third-order valence-electron chi connectivity index (χ3n) is 2.04. The number of aromatic amines is 1. The summed E-state index contributed by atoms with van der Waals surface area (Å²) in [7, 11) is 0. The van der Waals surface area contributed by atoms with Gasteiger partial charge in [0.15, 0.2) is 0 Å². The second-order valence-corrected chi connectivity index (χ2v) is 4.38. The van der Waals surface area contributed by atoms with Crippen LogP contribution in [0.4, 0.5) is 0 Å². The number of aryl methyl sites for hydroxylation is 1. The number of amides is 1. The molecule has 0 aliphatic rings. The van der Waals surface area contributed by atoms with Gasteiger partial charge in [0, 0.05) is 13.1 Å². The van der Waals surface area contributed by atoms with Crippen molar-refractivity contribution in [2.24, 2.45) is 0 Å². The van der Waals surface area contributed by atoms with Crippen molar-refractivity contribution in [1.29, 1.82) is 0 Å². The number of nitrogens with zero attached hydrogens (tertiary/aromatic N) is 3. The van der Waals surface area contributed by atoms with E-state index in [9.17, 15) is 9.90 Å². The van der Waals surface area contributed by atoms with E-state index in [-0.39, 0.29) is 18.3 Å². The predicted molar refractivity (Wildman–Crippen MR) is 59.0 cm³/mol. The number of aromatic nitrogens is 3. The lowest BCUT2D eigenvalue weighted by molar-refractivity contribution is 0.0308. The summed E-state index contributed by atoms with van der Waals surface area (Å²) in [6.45, 7) is 7.67. The van der Waals surface area contributed by atoms with Crippen LogP contribution in [0.2, 0.25) is 0 Å². The predicted octanol–water partition coefficient (Wildman–Crippen LogP) is 0.346. The minimum Gasteiger partial charge on any atom is -0.389 e. The summed E-state index contributed by atoms with van der Waals surface area (Å²) in [4.78, 5) is 17.4. The van der Waals surface area contributed by atoms with Gasteiger partial charge in [-0.15, -0.1) is 5.10 Å². The SMILES string of the molecule is CCN(CC(C)(C)O)C(=O)c1n[nH]c(C)n1. The number of H-pyrrole nitrogens is 1. The minimum atomic E-state index is -0.920. The molecule has 1 aromatic rings. The van der Waals surface area contributed by atoms with Crippen molar-refractivity contribution >= 4 is 5.91 Å². The second kappa shape index (κ2) is 4.61. The van der Waals surface area contributed by atoms with Gasteiger partial charge in [0.05, 0.1) is 5.60 Å². The maximum absolute atomic E-state index is 11.9. The highest BCUT2D eigenvalue weighted by atomic mass is 16.3. The van der Waals surface area contributed by atoms with Gasteiger partial charge >= 0.3 is 0 Å². The van der Waals surface area contributed by atoms with Crippen LogP contribution < -0.4 is 0 Å². The Kier molecular flexibility index (Phi) is 3.64. The lowest BCUT2D eigenvalue weighted by atomic mass is 10.1. The van der Waals surface area contributed by atoms with Gasteiger partial charge < -0.3 is 10.0 Å². The summed E-state index contributed by atoms with van der Waals surface area (Å²) in [6.07, 6.45) is 0. The van der Waals surface area contributed by atoms with Gasteiger partial charge in [0.25, 0.3) is 5.91 Å². The molecule has 1 aromatic heterocycles. The Morgan fingerprint density at radius 2 is 2.19 bits per heavy atom. The smallest absolute Gasteiger partial charge is 0.293 e. The summed E-state index contributed by atoms with van der Waals surface area (Å²) < 4.78 is 0. The molecule has 0 spiro atoms. The monoisotopic (exact) mass is 226 g/mol. The van der Waals surface area contributed by atoms with Crippen LogP contribution in [-0.4, -0.2) is 49.8 Å². The van der Waals surface area contributed by atoms with E-state index in [4.69, 9.17) is 0 Å². The molecule has 90 valence electrons. The van der Waals surface area contributed by atoms with Crippen molar-refractivity contribution in [3.05, 3.63) is 11.6 Å². The molecule has 1 rings (SSSR count). The van der Waals surface area contributed by atoms with E-state index in [1.54, 1.807) is 20.8 Å². The molecule has 0 bridgehead atoms. The Hall–Kier alpha value is -1.43. The molecule has 1 heterocycles. The minimum absolute atomic E-state index is 0.142. The van der Waals surface area contributed by atoms with Gasteiger partial charge in [-0.1, -0.05) is 0 Å². The average molecular weight is 226 g/mol. The molecule has 0 aliphatic carbocycles. The summed E-state index contributed by atoms with van der Waals surface area (Å²) in [5.74, 6) is 0.472. The van der Waals surface area contributed by atoms with Gasteiger partial charge in [0.1, 0.15) is 5.82 Å². The third kappa shape index (κ3) is 3.30. The molecule has 6 heteroatoms. The fraction of sp³-hybridized carbons (Fsp3) is 0.700. The number of nitrogens with one attached hydrogen (secondary N) is 1. The average Bonchev–Trinajstić information content (AvgIpc) is 2.58. The fourth-order valence-electron chi connectivity index (χ4n) is 1.37. The first-order valence-electron chi connectivity index (χ1n) is 5.24. The van der Waals surface area contributed by atoms with Crippen LogP contribution in [0, 0.1) is 6.92 Å². The van der Waals surface area contributed by atoms with Gasteiger partial charge in [-0.25, -0.2) is 4.98 Å². The van der Waals surface area contributed by atoms with E-state index in [2.05, 4.69) is 15.2 Å². The maximum atomic E-state index is 11.9. The van der Waals surface area contributed by atoms with Gasteiger partial charge in [0.2, 0.25) is 5.82 Å². The van der Waals surface area contributed by atoms with Crippen LogP contribution in [0.3, 0.4) is 0 Å². The van der Waals surface area contributed by atoms with Crippen molar-refractivity contribution < 1.29 is 9.90 Å². The number of carbonyl (C=O) groups is 1. The zero-order valence-corrected chi connectivity index (χ0v) is 10.1. The molecular formula is C10H18N4O2. The van der Waals surface area contributed by atoms with Crippen LogP contribution in [0.25, 0.3) is 0 Å². The first-order valence-corrected chi connectivity index (χ1v) is 5.24. The summed E-state index contributed by atoms with van der Waals surface area (Å²) in [5.41, 5.74) is -0.920. The van der Waals surface area contributed by atoms with Gasteiger partial charge in [-0.2, -0.15) is 0 Å². The highest BCUT2D eigenvalue weighted by Gasteiger charge is 2.24. The van der Waals surface area contributed by atoms with Crippen molar-refractivity contribution in [3.8, 4) is 0 Å². The summed E-state index contributed by atoms with van der Waals surface area (Å²) in [6, 6.07) is 0. The first kappa shape index (κ1) is 12.6. The standard InChI is InChI=1S/C10H18N4O2/c1-5-14(6-10(3,4)16)9(15)8-11-7(2)12-13-8/h16H,5-6H2,1-4H3,(H,11,12,13). The molecule has 2 N–H and O–H groups in total. The Balaban J connectivity index is 2.78. The van der Waals surface area contributed by atoms with E-state index in [0.717, 1.165) is 0 Å². The molecule has 1 amide bonds. The lowest BCUT2D eigenvalue weighted by Gasteiger charge is -2.27. The molecule has 6 nitrogen and oxygen atoms in total. The Bertz CT molecular complexity index is 367. The highest BCUT2D eigenvalue weighted by molar-refractivity contribution is 5.90. The van der Waals surface area contributed by atoms with Crippen molar-refractivity contribution in [3.63, 3.8) is 0 Å². The second-order valence-electron chi connectivity index (χ2n) is 4.38. The maximum Gasteiger partial charge on any atom is 0.293 e. The number of likely N-dealkylation sites (N-methyl/N-ethyl adjacent to an activating group) is 1. The van der Waals surface area contributed by atoms with E-state index in [1.807, 2.05) is 6.92 Å². The van der Waals surface area contributed by atoms with Crippen molar-refractivity contribution in [2.75, 3.05) is 13.1 Å². The summed E-state index contributed by atoms with van der Waals surface area (Å²) in [5, 5.41) is 16.1. The normalized spacial score (nSPS) is 11.6. The zero-order valence-electron chi connectivity index (χ0n) is 10.1. The molecule has 0 saturated carbocycles. The van der Waals surface area contributed by atoms with Crippen molar-refractivity contribution in [2.45, 2.75) is 33.3 Å². The van der Waals surface area contributed by atoms with E-state index < -0.39 is 5.60 Å². The van der Waals surface area contributed by atoms with Crippen molar-refractivity contribution in [1.82, 2.24) is 20.1 Å². The molecule has 0 fully saturated rings. The van der Waals surface area contributed by atoms with Gasteiger partial charge in [-0.3, -0.25) is 9.89 Å². The number of aliphatic hydroxyl groups is 1. The molecule has 16 heavy (non-hydrogen) atoms. The molecule has 0 radical (unpaired) electrons. The quantitative estimate of drug-likeness (QED) is 0.776. The number of rotatable bonds is 4. The largest absolute Gasteiger partial charge is 0.389 e. The third-order valence-corrected chi connectivity index (χ3v) is 2.04. The lowest BCUT2D eigenvalue weighted by Crippen LogP contribution is -2.42. The van der Waals surface area contributed by atoms with E-state index in [1.165, 1.54) is 4.90 Å². The molecular weight excluding hydrogens is 208 g/mol. The fourth-order valence-corrected chi connectivity index (χ4v) is 1.37. The molecule has 0 atom stereocenters. The number of carbonyl (C=O) groups excluding carboxylic acids is 1. The topological polar surface area (TPSA) is 82.1 Å². The van der Waals surface area contributed by atoms with Crippen LogP contribution >= 0.6 is 0 Å². The Labute approximate surface area is 94.7 Å². The van der Waals surface area contributed by atoms with Gasteiger partial charge in [-0.05, 0) is 27.7 Å². The number of hydrogen-bond donors (Lipinski definition) is 2. The van der Waals surface area contributed by atoms with E-state index >= 15 is 0 Å². The Morgan fingerprint density at radius 3 is 2.56 bits per heavy atom. The van der Waals surface area contributed by atoms with Crippen LogP contribution in [0.15, 0.2) is 0 Å². The van der Waals surface area contributed by atoms with Crippen LogP contribution in [0.1, 0.15) is 37.2 Å². The zero-order chi connectivity index (χ0) is 12.3. The van der Waals surface area contributed by atoms with E-state index in [0.29, 0.717) is 12.4 Å². The molecule has 0 aliphatic heterocycles. The number of hydrogen-bond acceptors (Lipinski definition) is 4. The highest BCUT2D eigenvalue weighted by Crippen LogP contribution is 2.07. The molecule has 0 aromatic carbocycles. The van der Waals surface area contributed by atoms with Crippen LogP contribution in [0.5, 0.6) is 0 Å². The summed E-state index contributed by atoms with van der Waals surface area (Å²) >= 11 is 0. The Morgan fingerprint density at radius 1 is 1.56 bits per heavy atom. The first-order chi connectivity index (χ1) is 7.33. The molecule has 0 saturated heterocycles.